The Morgan fingerprint density at radius 1 is 1.30 bits per heavy atom. The number of carboxylic acid groups (broad SMARTS) is 1. The second-order valence-corrected chi connectivity index (χ2v) is 5.55. The van der Waals surface area contributed by atoms with Crippen molar-refractivity contribution in [3.8, 4) is 10.6 Å². The van der Waals surface area contributed by atoms with Gasteiger partial charge in [0.1, 0.15) is 5.01 Å². The average molecular weight is 308 g/mol. The second kappa shape index (κ2) is 4.85. The molecule has 0 saturated heterocycles. The van der Waals surface area contributed by atoms with E-state index in [2.05, 4.69) is 4.98 Å². The summed E-state index contributed by atoms with van der Waals surface area (Å²) in [4.78, 5) is 15.2. The number of carboxylic acids is 1. The number of nitrogens with zero attached hydrogens (tertiary/aromatic N) is 1. The topological polar surface area (TPSA) is 50.2 Å². The van der Waals surface area contributed by atoms with Crippen LogP contribution in [0.5, 0.6) is 0 Å². The molecule has 0 bridgehead atoms. The number of aromatic carboxylic acids is 1. The maximum Gasteiger partial charge on any atom is 0.335 e. The maximum absolute atomic E-state index is 14.0. The van der Waals surface area contributed by atoms with Crippen LogP contribution in [0.15, 0.2) is 36.4 Å². The Kier molecular flexibility index (Phi) is 3.16. The molecule has 0 atom stereocenters. The molecular formula is C14H7ClFNO2S. The Balaban J connectivity index is 2.18. The number of thiazole rings is 1. The van der Waals surface area contributed by atoms with Crippen molar-refractivity contribution in [2.75, 3.05) is 0 Å². The fourth-order valence-corrected chi connectivity index (χ4v) is 3.04. The molecule has 0 unspecified atom stereocenters. The van der Waals surface area contributed by atoms with E-state index in [1.54, 1.807) is 18.2 Å². The highest BCUT2D eigenvalue weighted by Gasteiger charge is 2.14. The Labute approximate surface area is 122 Å². The number of hydrogen-bond acceptors (Lipinski definition) is 3. The van der Waals surface area contributed by atoms with Crippen LogP contribution in [0.3, 0.4) is 0 Å². The minimum atomic E-state index is -1.00. The van der Waals surface area contributed by atoms with Gasteiger partial charge in [-0.15, -0.1) is 11.3 Å². The van der Waals surface area contributed by atoms with Crippen LogP contribution in [-0.4, -0.2) is 16.1 Å². The summed E-state index contributed by atoms with van der Waals surface area (Å²) in [5.74, 6) is -1.53. The molecule has 1 aromatic heterocycles. The van der Waals surface area contributed by atoms with E-state index in [-0.39, 0.29) is 10.6 Å². The van der Waals surface area contributed by atoms with Crippen LogP contribution in [0.25, 0.3) is 20.8 Å². The Morgan fingerprint density at radius 2 is 2.10 bits per heavy atom. The number of halogens is 2. The molecule has 0 saturated carbocycles. The van der Waals surface area contributed by atoms with Crippen LogP contribution in [0.2, 0.25) is 5.02 Å². The third-order valence-electron chi connectivity index (χ3n) is 2.82. The zero-order valence-electron chi connectivity index (χ0n) is 9.93. The first-order valence-electron chi connectivity index (χ1n) is 5.64. The molecule has 0 radical (unpaired) electrons. The first-order valence-corrected chi connectivity index (χ1v) is 6.84. The minimum absolute atomic E-state index is 0.0352. The van der Waals surface area contributed by atoms with Crippen LogP contribution >= 0.6 is 22.9 Å². The Bertz CT molecular complexity index is 831. The second-order valence-electron chi connectivity index (χ2n) is 4.11. The van der Waals surface area contributed by atoms with E-state index >= 15 is 0 Å². The van der Waals surface area contributed by atoms with Gasteiger partial charge >= 0.3 is 5.97 Å². The molecule has 1 heterocycles. The number of aromatic nitrogens is 1. The summed E-state index contributed by atoms with van der Waals surface area (Å²) in [5.41, 5.74) is 1.13. The molecule has 3 rings (SSSR count). The van der Waals surface area contributed by atoms with Crippen molar-refractivity contribution in [1.82, 2.24) is 4.98 Å². The van der Waals surface area contributed by atoms with Crippen LogP contribution in [0.4, 0.5) is 4.39 Å². The first kappa shape index (κ1) is 13.0. The van der Waals surface area contributed by atoms with E-state index in [1.165, 1.54) is 29.5 Å². The molecule has 0 fully saturated rings. The van der Waals surface area contributed by atoms with E-state index in [9.17, 15) is 9.18 Å². The molecule has 0 aliphatic heterocycles. The lowest BCUT2D eigenvalue weighted by Gasteiger charge is -1.99. The monoisotopic (exact) mass is 307 g/mol. The Hall–Kier alpha value is -1.98. The number of benzene rings is 2. The van der Waals surface area contributed by atoms with Crippen molar-refractivity contribution < 1.29 is 14.3 Å². The summed E-state index contributed by atoms with van der Waals surface area (Å²) < 4.78 is 14.7. The van der Waals surface area contributed by atoms with Crippen LogP contribution < -0.4 is 0 Å². The highest BCUT2D eigenvalue weighted by molar-refractivity contribution is 7.21. The van der Waals surface area contributed by atoms with E-state index in [1.807, 2.05) is 0 Å². The number of rotatable bonds is 2. The van der Waals surface area contributed by atoms with Crippen LogP contribution in [-0.2, 0) is 0 Å². The zero-order chi connectivity index (χ0) is 14.3. The van der Waals surface area contributed by atoms with Crippen molar-refractivity contribution in [2.24, 2.45) is 0 Å². The molecule has 0 amide bonds. The number of fused-ring (bicyclic) bond motifs is 1. The van der Waals surface area contributed by atoms with Crippen LogP contribution in [0.1, 0.15) is 10.4 Å². The minimum Gasteiger partial charge on any atom is -0.478 e. The smallest absolute Gasteiger partial charge is 0.335 e. The number of carbonyl (C=O) groups is 1. The van der Waals surface area contributed by atoms with Gasteiger partial charge in [0.05, 0.1) is 20.8 Å². The van der Waals surface area contributed by atoms with Gasteiger partial charge in [0.25, 0.3) is 0 Å². The fourth-order valence-electron chi connectivity index (χ4n) is 1.84. The summed E-state index contributed by atoms with van der Waals surface area (Å²) in [6.07, 6.45) is 0. The van der Waals surface area contributed by atoms with Crippen LogP contribution in [0, 0.1) is 5.82 Å². The predicted molar refractivity (Wildman–Crippen MR) is 77.0 cm³/mol. The normalized spacial score (nSPS) is 10.9. The summed E-state index contributed by atoms with van der Waals surface area (Å²) >= 11 is 6.99. The summed E-state index contributed by atoms with van der Waals surface area (Å²) in [7, 11) is 0. The first-order chi connectivity index (χ1) is 9.56. The molecule has 1 N–H and O–H groups in total. The van der Waals surface area contributed by atoms with Crippen molar-refractivity contribution in [1.29, 1.82) is 0 Å². The molecule has 0 aliphatic carbocycles. The molecule has 3 nitrogen and oxygen atoms in total. The molecule has 2 aromatic carbocycles. The zero-order valence-corrected chi connectivity index (χ0v) is 11.5. The van der Waals surface area contributed by atoms with Crippen molar-refractivity contribution in [2.45, 2.75) is 0 Å². The van der Waals surface area contributed by atoms with Crippen molar-refractivity contribution in [3.05, 3.63) is 52.8 Å². The van der Waals surface area contributed by atoms with E-state index < -0.39 is 11.8 Å². The number of hydrogen-bond donors (Lipinski definition) is 1. The highest BCUT2D eigenvalue weighted by atomic mass is 35.5. The third kappa shape index (κ3) is 2.15. The van der Waals surface area contributed by atoms with E-state index in [0.717, 1.165) is 0 Å². The van der Waals surface area contributed by atoms with Gasteiger partial charge in [-0.25, -0.2) is 14.2 Å². The summed E-state index contributed by atoms with van der Waals surface area (Å²) in [5, 5.41) is 9.47. The quantitative estimate of drug-likeness (QED) is 0.760. The summed E-state index contributed by atoms with van der Waals surface area (Å²) in [6, 6.07) is 9.33. The highest BCUT2D eigenvalue weighted by Crippen LogP contribution is 2.34. The largest absolute Gasteiger partial charge is 0.478 e. The molecule has 20 heavy (non-hydrogen) atoms. The molecule has 0 spiro atoms. The van der Waals surface area contributed by atoms with Gasteiger partial charge < -0.3 is 5.11 Å². The van der Waals surface area contributed by atoms with Gasteiger partial charge in [-0.2, -0.15) is 0 Å². The standard InChI is InChI=1S/C14H7ClFNO2S/c15-9-3-1-2-8(12(9)16)13-17-10-5-4-7(14(18)19)6-11(10)20-13/h1-6H,(H,18,19). The van der Waals surface area contributed by atoms with Gasteiger partial charge in [-0.1, -0.05) is 17.7 Å². The lowest BCUT2D eigenvalue weighted by Crippen LogP contribution is -1.94. The van der Waals surface area contributed by atoms with Crippen molar-refractivity contribution >= 4 is 39.1 Å². The van der Waals surface area contributed by atoms with E-state index in [4.69, 9.17) is 16.7 Å². The van der Waals surface area contributed by atoms with Gasteiger partial charge in [-0.05, 0) is 30.3 Å². The SMILES string of the molecule is O=C(O)c1ccc2nc(-c3cccc(Cl)c3F)sc2c1. The van der Waals surface area contributed by atoms with Gasteiger partial charge in [-0.3, -0.25) is 0 Å². The lowest BCUT2D eigenvalue weighted by atomic mass is 10.2. The predicted octanol–water partition coefficient (Wildman–Crippen LogP) is 4.45. The van der Waals surface area contributed by atoms with Crippen molar-refractivity contribution in [3.63, 3.8) is 0 Å². The third-order valence-corrected chi connectivity index (χ3v) is 4.16. The fraction of sp³-hybridized carbons (Fsp3) is 0. The molecule has 0 aliphatic rings. The van der Waals surface area contributed by atoms with Gasteiger partial charge in [0, 0.05) is 5.56 Å². The molecule has 6 heteroatoms. The summed E-state index contributed by atoms with van der Waals surface area (Å²) in [6.45, 7) is 0. The average Bonchev–Trinajstić information content (AvgIpc) is 2.84. The molecular weight excluding hydrogens is 301 g/mol. The maximum atomic E-state index is 14.0. The Morgan fingerprint density at radius 3 is 2.85 bits per heavy atom. The molecule has 3 aromatic rings. The van der Waals surface area contributed by atoms with Gasteiger partial charge in [0.15, 0.2) is 5.82 Å². The lowest BCUT2D eigenvalue weighted by molar-refractivity contribution is 0.0697. The molecule has 100 valence electrons. The van der Waals surface area contributed by atoms with Gasteiger partial charge in [0.2, 0.25) is 0 Å². The van der Waals surface area contributed by atoms with E-state index in [0.29, 0.717) is 20.8 Å².